The molecule has 4 nitrogen and oxygen atoms in total. The van der Waals surface area contributed by atoms with Gasteiger partial charge in [0.15, 0.2) is 0 Å². The summed E-state index contributed by atoms with van der Waals surface area (Å²) in [6.07, 6.45) is 3.26. The molecule has 0 aliphatic carbocycles. The zero-order valence-electron chi connectivity index (χ0n) is 10.4. The first kappa shape index (κ1) is 12.8. The lowest BCUT2D eigenvalue weighted by molar-refractivity contribution is 1.07. The molecule has 0 fully saturated rings. The molecule has 7 heteroatoms. The van der Waals surface area contributed by atoms with Gasteiger partial charge in [0.2, 0.25) is 0 Å². The van der Waals surface area contributed by atoms with Crippen LogP contribution in [0.4, 0.5) is 5.82 Å². The highest BCUT2D eigenvalue weighted by molar-refractivity contribution is 7.18. The van der Waals surface area contributed by atoms with Crippen molar-refractivity contribution in [2.75, 3.05) is 5.32 Å². The molecule has 3 heterocycles. The van der Waals surface area contributed by atoms with Crippen molar-refractivity contribution in [3.8, 4) is 0 Å². The van der Waals surface area contributed by atoms with Crippen molar-refractivity contribution in [1.82, 2.24) is 15.0 Å². The van der Waals surface area contributed by atoms with Crippen molar-refractivity contribution in [3.05, 3.63) is 32.3 Å². The smallest absolute Gasteiger partial charge is 0.138 e. The van der Waals surface area contributed by atoms with E-state index in [2.05, 4.69) is 34.1 Å². The highest BCUT2D eigenvalue weighted by Gasteiger charge is 2.12. The van der Waals surface area contributed by atoms with Gasteiger partial charge in [-0.1, -0.05) is 11.6 Å². The van der Waals surface area contributed by atoms with Crippen molar-refractivity contribution in [3.63, 3.8) is 0 Å². The Hall–Kier alpha value is -1.24. The van der Waals surface area contributed by atoms with Gasteiger partial charge in [0.05, 0.1) is 18.1 Å². The molecule has 0 aromatic carbocycles. The third-order valence-electron chi connectivity index (χ3n) is 2.90. The summed E-state index contributed by atoms with van der Waals surface area (Å²) >= 11 is 9.04. The number of hydrogen-bond donors (Lipinski definition) is 1. The zero-order valence-corrected chi connectivity index (χ0v) is 12.8. The Labute approximate surface area is 123 Å². The molecular formula is C12H11ClN4S2. The average molecular weight is 311 g/mol. The van der Waals surface area contributed by atoms with Gasteiger partial charge in [0.1, 0.15) is 26.3 Å². The molecule has 3 aromatic rings. The number of halogens is 1. The Bertz CT molecular complexity index is 734. The van der Waals surface area contributed by atoms with E-state index in [4.69, 9.17) is 11.6 Å². The maximum absolute atomic E-state index is 5.87. The molecule has 0 spiro atoms. The number of nitrogens with zero attached hydrogens (tertiary/aromatic N) is 3. The summed E-state index contributed by atoms with van der Waals surface area (Å²) in [5.41, 5.74) is 1.24. The molecule has 0 bridgehead atoms. The lowest BCUT2D eigenvalue weighted by atomic mass is 10.2. The fraction of sp³-hybridized carbons (Fsp3) is 0.250. The SMILES string of the molecule is Cc1sc2ncnc(NCc3ncc(Cl)s3)c2c1C. The van der Waals surface area contributed by atoms with Crippen LogP contribution in [0.2, 0.25) is 4.34 Å². The highest BCUT2D eigenvalue weighted by atomic mass is 35.5. The summed E-state index contributed by atoms with van der Waals surface area (Å²) in [5, 5.41) is 5.37. The molecule has 0 atom stereocenters. The molecule has 0 aliphatic heterocycles. The Morgan fingerprint density at radius 1 is 1.21 bits per heavy atom. The Morgan fingerprint density at radius 3 is 2.79 bits per heavy atom. The summed E-state index contributed by atoms with van der Waals surface area (Å²) in [4.78, 5) is 15.2. The van der Waals surface area contributed by atoms with Crippen LogP contribution in [-0.4, -0.2) is 15.0 Å². The molecule has 0 radical (unpaired) electrons. The third-order valence-corrected chi connectivity index (χ3v) is 5.13. The predicted octanol–water partition coefficient (Wildman–Crippen LogP) is 4.03. The number of thiazole rings is 1. The lowest BCUT2D eigenvalue weighted by Gasteiger charge is -2.05. The highest BCUT2D eigenvalue weighted by Crippen LogP contribution is 2.32. The number of fused-ring (bicyclic) bond motifs is 1. The van der Waals surface area contributed by atoms with Gasteiger partial charge in [-0.25, -0.2) is 15.0 Å². The first-order chi connectivity index (χ1) is 9.15. The number of anilines is 1. The average Bonchev–Trinajstić information content (AvgIpc) is 2.93. The summed E-state index contributed by atoms with van der Waals surface area (Å²) in [6.45, 7) is 4.83. The van der Waals surface area contributed by atoms with Gasteiger partial charge < -0.3 is 5.32 Å². The van der Waals surface area contributed by atoms with Crippen molar-refractivity contribution >= 4 is 50.3 Å². The molecular weight excluding hydrogens is 300 g/mol. The molecule has 0 saturated heterocycles. The van der Waals surface area contributed by atoms with Crippen LogP contribution >= 0.6 is 34.3 Å². The van der Waals surface area contributed by atoms with Crippen LogP contribution < -0.4 is 5.32 Å². The largest absolute Gasteiger partial charge is 0.363 e. The third kappa shape index (κ3) is 2.43. The van der Waals surface area contributed by atoms with Crippen molar-refractivity contribution in [2.24, 2.45) is 0 Å². The van der Waals surface area contributed by atoms with Gasteiger partial charge in [-0.2, -0.15) is 0 Å². The lowest BCUT2D eigenvalue weighted by Crippen LogP contribution is -2.01. The Balaban J connectivity index is 1.92. The maximum atomic E-state index is 5.87. The number of aryl methyl sites for hydroxylation is 2. The van der Waals surface area contributed by atoms with Gasteiger partial charge in [0.25, 0.3) is 0 Å². The molecule has 98 valence electrons. The summed E-state index contributed by atoms with van der Waals surface area (Å²) in [6, 6.07) is 0. The van der Waals surface area contributed by atoms with E-state index in [1.807, 2.05) is 0 Å². The number of hydrogen-bond acceptors (Lipinski definition) is 6. The topological polar surface area (TPSA) is 50.7 Å². The molecule has 3 rings (SSSR count). The van der Waals surface area contributed by atoms with Gasteiger partial charge in [-0.05, 0) is 19.4 Å². The Kier molecular flexibility index (Phi) is 3.38. The Morgan fingerprint density at radius 2 is 2.05 bits per heavy atom. The molecule has 19 heavy (non-hydrogen) atoms. The fourth-order valence-electron chi connectivity index (χ4n) is 1.85. The fourth-order valence-corrected chi connectivity index (χ4v) is 3.74. The normalized spacial score (nSPS) is 11.1. The van der Waals surface area contributed by atoms with Crippen LogP contribution in [0.3, 0.4) is 0 Å². The molecule has 0 aliphatic rings. The quantitative estimate of drug-likeness (QED) is 0.793. The van der Waals surface area contributed by atoms with E-state index in [9.17, 15) is 0 Å². The van der Waals surface area contributed by atoms with Crippen molar-refractivity contribution < 1.29 is 0 Å². The minimum absolute atomic E-state index is 0.623. The second-order valence-electron chi connectivity index (χ2n) is 4.10. The van der Waals surface area contributed by atoms with Gasteiger partial charge in [0, 0.05) is 4.88 Å². The van der Waals surface area contributed by atoms with Crippen LogP contribution in [0.5, 0.6) is 0 Å². The zero-order chi connectivity index (χ0) is 13.4. The number of nitrogens with one attached hydrogen (secondary N) is 1. The molecule has 1 N–H and O–H groups in total. The first-order valence-electron chi connectivity index (χ1n) is 5.70. The second kappa shape index (κ2) is 5.03. The minimum atomic E-state index is 0.623. The van der Waals surface area contributed by atoms with Crippen molar-refractivity contribution in [1.29, 1.82) is 0 Å². The molecule has 0 amide bonds. The van der Waals surface area contributed by atoms with E-state index >= 15 is 0 Å². The van der Waals surface area contributed by atoms with Crippen LogP contribution in [-0.2, 0) is 6.54 Å². The number of thiophene rings is 1. The van der Waals surface area contributed by atoms with Gasteiger partial charge in [-0.15, -0.1) is 22.7 Å². The van der Waals surface area contributed by atoms with Gasteiger partial charge >= 0.3 is 0 Å². The minimum Gasteiger partial charge on any atom is -0.363 e. The van der Waals surface area contributed by atoms with Gasteiger partial charge in [-0.3, -0.25) is 0 Å². The van der Waals surface area contributed by atoms with E-state index in [0.717, 1.165) is 21.0 Å². The molecule has 3 aromatic heterocycles. The van der Waals surface area contributed by atoms with E-state index < -0.39 is 0 Å². The molecule has 0 saturated carbocycles. The summed E-state index contributed by atoms with van der Waals surface area (Å²) in [5.74, 6) is 0.859. The number of aromatic nitrogens is 3. The van der Waals surface area contributed by atoms with Crippen LogP contribution in [0.1, 0.15) is 15.4 Å². The van der Waals surface area contributed by atoms with E-state index in [0.29, 0.717) is 10.9 Å². The summed E-state index contributed by atoms with van der Waals surface area (Å²) in [7, 11) is 0. The second-order valence-corrected chi connectivity index (χ2v) is 7.05. The standard InChI is InChI=1S/C12H11ClN4S2/c1-6-7(2)18-12-10(6)11(16-5-17-12)15-4-9-14-3-8(13)19-9/h3,5H,4H2,1-2H3,(H,15,16,17). The monoisotopic (exact) mass is 310 g/mol. The van der Waals surface area contributed by atoms with Crippen LogP contribution in [0.15, 0.2) is 12.5 Å². The van der Waals surface area contributed by atoms with Crippen LogP contribution in [0.25, 0.3) is 10.2 Å². The van der Waals surface area contributed by atoms with E-state index in [1.165, 1.54) is 21.8 Å². The molecule has 0 unspecified atom stereocenters. The maximum Gasteiger partial charge on any atom is 0.138 e. The first-order valence-corrected chi connectivity index (χ1v) is 7.71. The van der Waals surface area contributed by atoms with E-state index in [1.54, 1.807) is 23.9 Å². The number of rotatable bonds is 3. The predicted molar refractivity (Wildman–Crippen MR) is 81.3 cm³/mol. The van der Waals surface area contributed by atoms with Crippen molar-refractivity contribution in [2.45, 2.75) is 20.4 Å². The van der Waals surface area contributed by atoms with E-state index in [-0.39, 0.29) is 0 Å². The summed E-state index contributed by atoms with van der Waals surface area (Å²) < 4.78 is 0.701. The van der Waals surface area contributed by atoms with Crippen LogP contribution in [0, 0.1) is 13.8 Å².